The number of carbonyl (C=O) groups is 1. The fourth-order valence-corrected chi connectivity index (χ4v) is 2.78. The lowest BCUT2D eigenvalue weighted by Crippen LogP contribution is -2.10. The van der Waals surface area contributed by atoms with Gasteiger partial charge in [-0.2, -0.15) is 0 Å². The van der Waals surface area contributed by atoms with E-state index >= 15 is 0 Å². The number of hydrogen-bond donors (Lipinski definition) is 2. The number of benzene rings is 1. The number of methoxy groups -OCH3 is 1. The van der Waals surface area contributed by atoms with Crippen molar-refractivity contribution in [1.82, 2.24) is 0 Å². The van der Waals surface area contributed by atoms with Gasteiger partial charge in [0.25, 0.3) is 5.91 Å². The summed E-state index contributed by atoms with van der Waals surface area (Å²) < 4.78 is 6.02. The molecule has 0 aliphatic rings. The van der Waals surface area contributed by atoms with Crippen LogP contribution in [0.25, 0.3) is 0 Å². The summed E-state index contributed by atoms with van der Waals surface area (Å²) in [5.74, 6) is 0.494. The van der Waals surface area contributed by atoms with Crippen LogP contribution in [0.1, 0.15) is 14.5 Å². The topological polar surface area (TPSA) is 64.3 Å². The van der Waals surface area contributed by atoms with Crippen molar-refractivity contribution >= 4 is 44.5 Å². The first-order valence-corrected chi connectivity index (χ1v) is 7.13. The third-order valence-corrected chi connectivity index (χ3v) is 4.31. The Labute approximate surface area is 123 Å². The summed E-state index contributed by atoms with van der Waals surface area (Å²) in [4.78, 5) is 13.6. The molecule has 0 radical (unpaired) electrons. The molecule has 4 nitrogen and oxygen atoms in total. The molecule has 19 heavy (non-hydrogen) atoms. The van der Waals surface area contributed by atoms with Crippen LogP contribution in [0.3, 0.4) is 0 Å². The smallest absolute Gasteiger partial charge is 0.265 e. The normalized spacial score (nSPS) is 10.3. The molecule has 0 unspecified atom stereocenters. The van der Waals surface area contributed by atoms with Crippen LogP contribution in [0.2, 0.25) is 0 Å². The Kier molecular flexibility index (Phi) is 4.11. The SMILES string of the molecule is COc1cc(NC(=O)c2cc(N)c(C)s2)ccc1Br. The molecule has 1 amide bonds. The quantitative estimate of drug-likeness (QED) is 0.895. The molecule has 1 heterocycles. The van der Waals surface area contributed by atoms with Gasteiger partial charge < -0.3 is 15.8 Å². The van der Waals surface area contributed by atoms with E-state index in [2.05, 4.69) is 21.2 Å². The number of thiophene rings is 1. The number of hydrogen-bond acceptors (Lipinski definition) is 4. The number of nitrogens with two attached hydrogens (primary N) is 1. The molecule has 100 valence electrons. The lowest BCUT2D eigenvalue weighted by molar-refractivity contribution is 0.103. The highest BCUT2D eigenvalue weighted by atomic mass is 79.9. The fourth-order valence-electron chi connectivity index (χ4n) is 1.54. The number of carbonyl (C=O) groups excluding carboxylic acids is 1. The van der Waals surface area contributed by atoms with Crippen molar-refractivity contribution in [3.8, 4) is 5.75 Å². The number of rotatable bonds is 3. The molecule has 1 aromatic heterocycles. The Morgan fingerprint density at radius 1 is 1.42 bits per heavy atom. The van der Waals surface area contributed by atoms with Gasteiger partial charge in [-0.05, 0) is 41.1 Å². The van der Waals surface area contributed by atoms with Gasteiger partial charge in [-0.3, -0.25) is 4.79 Å². The third-order valence-electron chi connectivity index (χ3n) is 2.59. The van der Waals surface area contributed by atoms with Crippen molar-refractivity contribution in [1.29, 1.82) is 0 Å². The maximum atomic E-state index is 12.1. The predicted octanol–water partition coefficient (Wildman–Crippen LogP) is 3.66. The van der Waals surface area contributed by atoms with E-state index in [0.717, 1.165) is 9.35 Å². The van der Waals surface area contributed by atoms with Crippen molar-refractivity contribution in [2.75, 3.05) is 18.2 Å². The third kappa shape index (κ3) is 3.08. The Morgan fingerprint density at radius 3 is 2.74 bits per heavy atom. The Bertz CT molecular complexity index is 606. The molecule has 0 spiro atoms. The van der Waals surface area contributed by atoms with Gasteiger partial charge in [0.1, 0.15) is 5.75 Å². The van der Waals surface area contributed by atoms with Crippen LogP contribution in [0.5, 0.6) is 5.75 Å². The van der Waals surface area contributed by atoms with Gasteiger partial charge in [0.15, 0.2) is 0 Å². The van der Waals surface area contributed by atoms with Gasteiger partial charge in [0, 0.05) is 22.3 Å². The minimum Gasteiger partial charge on any atom is -0.495 e. The molecule has 0 saturated heterocycles. The number of nitrogens with one attached hydrogen (secondary N) is 1. The van der Waals surface area contributed by atoms with Gasteiger partial charge >= 0.3 is 0 Å². The second-order valence-corrected chi connectivity index (χ2v) is 6.04. The second kappa shape index (κ2) is 5.63. The first-order valence-electron chi connectivity index (χ1n) is 5.52. The van der Waals surface area contributed by atoms with E-state index in [4.69, 9.17) is 10.5 Å². The molecule has 0 bridgehead atoms. The van der Waals surface area contributed by atoms with Gasteiger partial charge in [0.05, 0.1) is 16.5 Å². The van der Waals surface area contributed by atoms with Crippen molar-refractivity contribution < 1.29 is 9.53 Å². The van der Waals surface area contributed by atoms with Gasteiger partial charge in [-0.25, -0.2) is 0 Å². The van der Waals surface area contributed by atoms with Crippen LogP contribution in [0.4, 0.5) is 11.4 Å². The zero-order valence-corrected chi connectivity index (χ0v) is 12.9. The minimum absolute atomic E-state index is 0.172. The van der Waals surface area contributed by atoms with E-state index in [-0.39, 0.29) is 5.91 Å². The zero-order valence-electron chi connectivity index (χ0n) is 10.5. The highest BCUT2D eigenvalue weighted by molar-refractivity contribution is 9.10. The van der Waals surface area contributed by atoms with Crippen molar-refractivity contribution in [3.63, 3.8) is 0 Å². The van der Waals surface area contributed by atoms with Gasteiger partial charge in [0.2, 0.25) is 0 Å². The minimum atomic E-state index is -0.172. The first-order chi connectivity index (χ1) is 9.01. The lowest BCUT2D eigenvalue weighted by atomic mass is 10.3. The van der Waals surface area contributed by atoms with Crippen LogP contribution >= 0.6 is 27.3 Å². The highest BCUT2D eigenvalue weighted by Crippen LogP contribution is 2.29. The Balaban J connectivity index is 2.19. The maximum Gasteiger partial charge on any atom is 0.265 e. The molecule has 2 rings (SSSR count). The highest BCUT2D eigenvalue weighted by Gasteiger charge is 2.12. The molecule has 0 aliphatic heterocycles. The number of aryl methyl sites for hydroxylation is 1. The molecule has 0 atom stereocenters. The Hall–Kier alpha value is -1.53. The Morgan fingerprint density at radius 2 is 2.16 bits per heavy atom. The van der Waals surface area contributed by atoms with E-state index in [0.29, 0.717) is 22.0 Å². The van der Waals surface area contributed by atoms with Crippen molar-refractivity contribution in [2.24, 2.45) is 0 Å². The molecule has 6 heteroatoms. The molecule has 0 aliphatic carbocycles. The number of anilines is 2. The number of nitrogen functional groups attached to an aromatic ring is 1. The summed E-state index contributed by atoms with van der Waals surface area (Å²) in [6.07, 6.45) is 0. The molecule has 0 fully saturated rings. The average Bonchev–Trinajstić information content (AvgIpc) is 2.72. The van der Waals surface area contributed by atoms with Crippen LogP contribution in [-0.4, -0.2) is 13.0 Å². The van der Waals surface area contributed by atoms with E-state index in [1.807, 2.05) is 13.0 Å². The largest absolute Gasteiger partial charge is 0.495 e. The molecule has 2 aromatic rings. The molecular weight excluding hydrogens is 328 g/mol. The van der Waals surface area contributed by atoms with Gasteiger partial charge in [-0.15, -0.1) is 11.3 Å². The van der Waals surface area contributed by atoms with Crippen LogP contribution in [0, 0.1) is 6.92 Å². The molecule has 3 N–H and O–H groups in total. The van der Waals surface area contributed by atoms with E-state index < -0.39 is 0 Å². The first kappa shape index (κ1) is 13.9. The maximum absolute atomic E-state index is 12.1. The summed E-state index contributed by atoms with van der Waals surface area (Å²) in [7, 11) is 1.58. The second-order valence-electron chi connectivity index (χ2n) is 3.93. The predicted molar refractivity (Wildman–Crippen MR) is 82.1 cm³/mol. The fraction of sp³-hybridized carbons (Fsp3) is 0.154. The van der Waals surface area contributed by atoms with Crippen LogP contribution in [-0.2, 0) is 0 Å². The van der Waals surface area contributed by atoms with E-state index in [9.17, 15) is 4.79 Å². The summed E-state index contributed by atoms with van der Waals surface area (Å²) in [6, 6.07) is 7.06. The monoisotopic (exact) mass is 340 g/mol. The average molecular weight is 341 g/mol. The van der Waals surface area contributed by atoms with E-state index in [1.54, 1.807) is 25.3 Å². The van der Waals surface area contributed by atoms with E-state index in [1.165, 1.54) is 11.3 Å². The van der Waals surface area contributed by atoms with Gasteiger partial charge in [-0.1, -0.05) is 0 Å². The lowest BCUT2D eigenvalue weighted by Gasteiger charge is -2.07. The molecule has 0 saturated carbocycles. The summed E-state index contributed by atoms with van der Waals surface area (Å²) in [6.45, 7) is 1.89. The molecule has 1 aromatic carbocycles. The van der Waals surface area contributed by atoms with Crippen molar-refractivity contribution in [3.05, 3.63) is 38.5 Å². The summed E-state index contributed by atoms with van der Waals surface area (Å²) in [5.41, 5.74) is 7.06. The molecular formula is C13H13BrN2O2S. The summed E-state index contributed by atoms with van der Waals surface area (Å²) >= 11 is 4.74. The van der Waals surface area contributed by atoms with Crippen LogP contribution < -0.4 is 15.8 Å². The zero-order chi connectivity index (χ0) is 14.0. The summed E-state index contributed by atoms with van der Waals surface area (Å²) in [5, 5.41) is 2.82. The number of amides is 1. The van der Waals surface area contributed by atoms with Crippen molar-refractivity contribution in [2.45, 2.75) is 6.92 Å². The van der Waals surface area contributed by atoms with Crippen LogP contribution in [0.15, 0.2) is 28.7 Å². The standard InChI is InChI=1S/C13H13BrN2O2S/c1-7-10(15)6-12(19-7)13(17)16-8-3-4-9(14)11(5-8)18-2/h3-6H,15H2,1-2H3,(H,16,17). The number of halogens is 1. The number of ether oxygens (including phenoxy) is 1.